The van der Waals surface area contributed by atoms with Crippen LogP contribution in [-0.2, 0) is 14.3 Å². The summed E-state index contributed by atoms with van der Waals surface area (Å²) in [7, 11) is 0. The lowest BCUT2D eigenvalue weighted by Crippen LogP contribution is -2.40. The van der Waals surface area contributed by atoms with Gasteiger partial charge in [-0.3, -0.25) is 4.79 Å². The minimum absolute atomic E-state index is 0.0800. The molecule has 5 rings (SSSR count). The normalized spacial score (nSPS) is 17.5. The zero-order valence-electron chi connectivity index (χ0n) is 22.6. The fourth-order valence-electron chi connectivity index (χ4n) is 5.35. The number of halogens is 3. The second kappa shape index (κ2) is 14.3. The lowest BCUT2D eigenvalue weighted by molar-refractivity contribution is -0.134. The van der Waals surface area contributed by atoms with Gasteiger partial charge < -0.3 is 15.1 Å². The number of rotatable bonds is 8. The quantitative estimate of drug-likeness (QED) is 0.195. The predicted molar refractivity (Wildman–Crippen MR) is 164 cm³/mol. The van der Waals surface area contributed by atoms with Crippen molar-refractivity contribution in [1.29, 1.82) is 0 Å². The van der Waals surface area contributed by atoms with Gasteiger partial charge in [-0.15, -0.1) is 11.8 Å². The third-order valence-electron chi connectivity index (χ3n) is 7.40. The van der Waals surface area contributed by atoms with Crippen LogP contribution >= 0.6 is 35.0 Å². The number of carbonyl (C=O) groups is 3. The second-order valence-electron chi connectivity index (χ2n) is 10.1. The smallest absolute Gasteiger partial charge is 0.328 e. The van der Waals surface area contributed by atoms with E-state index in [9.17, 15) is 18.8 Å². The second-order valence-corrected chi connectivity index (χ2v) is 12.5. The van der Waals surface area contributed by atoms with Gasteiger partial charge in [0.05, 0.1) is 5.25 Å². The first-order valence-electron chi connectivity index (χ1n) is 13.5. The SMILES string of the molecule is O=C(CCCN1CCC2(CC1)SC(c1ccc(Cl)cc1Cl)c1ccccc12)c1ccc(F)cc1.O=C(O)C=CC(=O)O. The molecule has 0 radical (unpaired) electrons. The number of benzene rings is 3. The fraction of sp³-hybridized carbons (Fsp3) is 0.281. The number of carboxylic acids is 2. The van der Waals surface area contributed by atoms with Gasteiger partial charge in [-0.2, -0.15) is 0 Å². The monoisotopic (exact) mass is 629 g/mol. The van der Waals surface area contributed by atoms with Crippen LogP contribution in [0.25, 0.3) is 0 Å². The van der Waals surface area contributed by atoms with Crippen LogP contribution in [0.2, 0.25) is 10.0 Å². The van der Waals surface area contributed by atoms with Crippen LogP contribution in [0.1, 0.15) is 58.0 Å². The van der Waals surface area contributed by atoms with Gasteiger partial charge in [0, 0.05) is 38.9 Å². The molecule has 1 spiro atoms. The van der Waals surface area contributed by atoms with Gasteiger partial charge in [0.15, 0.2) is 5.78 Å². The average molecular weight is 631 g/mol. The van der Waals surface area contributed by atoms with Gasteiger partial charge in [0.25, 0.3) is 0 Å². The molecule has 42 heavy (non-hydrogen) atoms. The van der Waals surface area contributed by atoms with Gasteiger partial charge in [0.2, 0.25) is 0 Å². The largest absolute Gasteiger partial charge is 0.478 e. The molecule has 10 heteroatoms. The van der Waals surface area contributed by atoms with Crippen LogP contribution in [0.15, 0.2) is 78.9 Å². The van der Waals surface area contributed by atoms with Gasteiger partial charge >= 0.3 is 11.9 Å². The minimum Gasteiger partial charge on any atom is -0.478 e. The number of Topliss-reactive ketones (excluding diaryl/α,β-unsaturated/α-hetero) is 1. The zero-order valence-corrected chi connectivity index (χ0v) is 25.0. The number of hydrogen-bond acceptors (Lipinski definition) is 5. The minimum atomic E-state index is -1.26. The molecule has 0 saturated carbocycles. The number of hydrogen-bond donors (Lipinski definition) is 2. The van der Waals surface area contributed by atoms with E-state index in [4.69, 9.17) is 33.4 Å². The first-order valence-corrected chi connectivity index (χ1v) is 15.1. The Morgan fingerprint density at radius 3 is 2.19 bits per heavy atom. The van der Waals surface area contributed by atoms with Crippen LogP contribution in [-0.4, -0.2) is 52.5 Å². The number of fused-ring (bicyclic) bond motifs is 2. The maximum absolute atomic E-state index is 13.1. The molecule has 3 aromatic rings. The van der Waals surface area contributed by atoms with Gasteiger partial charge in [-0.1, -0.05) is 53.5 Å². The Morgan fingerprint density at radius 1 is 0.929 bits per heavy atom. The molecule has 1 unspecified atom stereocenters. The molecule has 0 bridgehead atoms. The van der Waals surface area contributed by atoms with E-state index in [-0.39, 0.29) is 21.6 Å². The number of likely N-dealkylation sites (tertiary alicyclic amines) is 1. The van der Waals surface area contributed by atoms with Crippen molar-refractivity contribution >= 4 is 52.7 Å². The summed E-state index contributed by atoms with van der Waals surface area (Å²) in [6, 6.07) is 20.4. The molecule has 0 amide bonds. The molecule has 2 aliphatic heterocycles. The highest BCUT2D eigenvalue weighted by atomic mass is 35.5. The first-order chi connectivity index (χ1) is 20.1. The van der Waals surface area contributed by atoms with Crippen molar-refractivity contribution in [1.82, 2.24) is 4.90 Å². The average Bonchev–Trinajstić information content (AvgIpc) is 3.27. The number of aliphatic carboxylic acids is 2. The van der Waals surface area contributed by atoms with Crippen molar-refractivity contribution in [2.45, 2.75) is 35.7 Å². The molecule has 1 saturated heterocycles. The molecule has 2 aliphatic rings. The van der Waals surface area contributed by atoms with Crippen LogP contribution in [0.5, 0.6) is 0 Å². The Hall–Kier alpha value is -3.17. The topological polar surface area (TPSA) is 94.9 Å². The molecule has 1 atom stereocenters. The molecule has 6 nitrogen and oxygen atoms in total. The maximum atomic E-state index is 13.1. The number of ketones is 1. The molecular weight excluding hydrogens is 600 g/mol. The summed E-state index contributed by atoms with van der Waals surface area (Å²) in [5, 5.41) is 17.2. The van der Waals surface area contributed by atoms with Crippen molar-refractivity contribution in [2.75, 3.05) is 19.6 Å². The summed E-state index contributed by atoms with van der Waals surface area (Å²) in [5.74, 6) is -2.75. The van der Waals surface area contributed by atoms with Gasteiger partial charge in [-0.05, 0) is 92.0 Å². The highest BCUT2D eigenvalue weighted by Gasteiger charge is 2.46. The lowest BCUT2D eigenvalue weighted by Gasteiger charge is -2.40. The summed E-state index contributed by atoms with van der Waals surface area (Å²) in [6.45, 7) is 2.92. The molecule has 220 valence electrons. The van der Waals surface area contributed by atoms with Crippen LogP contribution < -0.4 is 0 Å². The third kappa shape index (κ3) is 8.01. The molecule has 2 N–H and O–H groups in total. The number of carboxylic acid groups (broad SMARTS) is 2. The molecule has 2 heterocycles. The highest BCUT2D eigenvalue weighted by Crippen LogP contribution is 2.62. The number of carbonyl (C=O) groups excluding carboxylic acids is 1. The molecule has 0 aliphatic carbocycles. The molecular formula is C32H30Cl2FNO5S. The third-order valence-corrected chi connectivity index (χ3v) is 9.78. The van der Waals surface area contributed by atoms with E-state index in [1.807, 2.05) is 23.9 Å². The number of piperidine rings is 1. The summed E-state index contributed by atoms with van der Waals surface area (Å²) < 4.78 is 13.2. The van der Waals surface area contributed by atoms with E-state index in [1.54, 1.807) is 12.1 Å². The summed E-state index contributed by atoms with van der Waals surface area (Å²) in [5.41, 5.74) is 4.50. The Labute approximate surface area is 258 Å². The van der Waals surface area contributed by atoms with Gasteiger partial charge in [0.1, 0.15) is 5.82 Å². The summed E-state index contributed by atoms with van der Waals surface area (Å²) in [6.07, 6.45) is 4.56. The highest BCUT2D eigenvalue weighted by molar-refractivity contribution is 8.01. The Balaban J connectivity index is 0.000000446. The van der Waals surface area contributed by atoms with Crippen molar-refractivity contribution in [3.05, 3.63) is 117 Å². The maximum Gasteiger partial charge on any atom is 0.328 e. The Bertz CT molecular complexity index is 1460. The summed E-state index contributed by atoms with van der Waals surface area (Å²) >= 11 is 14.8. The fourth-order valence-corrected chi connectivity index (χ4v) is 7.78. The van der Waals surface area contributed by atoms with E-state index in [0.717, 1.165) is 49.5 Å². The number of thioether (sulfide) groups is 1. The van der Waals surface area contributed by atoms with Crippen molar-refractivity contribution in [2.24, 2.45) is 0 Å². The first kappa shape index (κ1) is 31.8. The van der Waals surface area contributed by atoms with Gasteiger partial charge in [-0.25, -0.2) is 14.0 Å². The predicted octanol–water partition coefficient (Wildman–Crippen LogP) is 7.63. The Kier molecular flexibility index (Phi) is 10.8. The van der Waals surface area contributed by atoms with Crippen molar-refractivity contribution in [3.63, 3.8) is 0 Å². The van der Waals surface area contributed by atoms with E-state index >= 15 is 0 Å². The van der Waals surface area contributed by atoms with Crippen molar-refractivity contribution < 1.29 is 29.0 Å². The molecule has 1 fully saturated rings. The number of nitrogens with zero attached hydrogens (tertiary/aromatic N) is 1. The molecule has 3 aromatic carbocycles. The lowest BCUT2D eigenvalue weighted by atomic mass is 9.84. The van der Waals surface area contributed by atoms with E-state index in [0.29, 0.717) is 29.2 Å². The summed E-state index contributed by atoms with van der Waals surface area (Å²) in [4.78, 5) is 34.0. The van der Waals surface area contributed by atoms with Crippen LogP contribution in [0.3, 0.4) is 0 Å². The van der Waals surface area contributed by atoms with Crippen molar-refractivity contribution in [3.8, 4) is 0 Å². The van der Waals surface area contributed by atoms with E-state index < -0.39 is 11.9 Å². The Morgan fingerprint density at radius 2 is 1.57 bits per heavy atom. The van der Waals surface area contributed by atoms with E-state index in [1.165, 1.54) is 23.3 Å². The van der Waals surface area contributed by atoms with Crippen LogP contribution in [0, 0.1) is 5.82 Å². The molecule has 0 aromatic heterocycles. The standard InChI is InChI=1S/C28H26Cl2FNOS.C4H4O4/c29-20-9-12-23(25(30)18-20)27-22-4-1-2-5-24(22)28(34-27)13-16-32(17-14-28)15-3-6-26(33)19-7-10-21(31)11-8-19;5-3(6)1-2-4(7)8/h1-2,4-5,7-12,18,27H,3,6,13-17H2;1-2H,(H,5,6)(H,7,8). The van der Waals surface area contributed by atoms with Crippen LogP contribution in [0.4, 0.5) is 4.39 Å². The zero-order chi connectivity index (χ0) is 30.3. The van der Waals surface area contributed by atoms with E-state index in [2.05, 4.69) is 35.2 Å².